The maximum absolute atomic E-state index is 13.2. The average Bonchev–Trinajstić information content (AvgIpc) is 2.33. The Labute approximate surface area is 94.6 Å². The van der Waals surface area contributed by atoms with Gasteiger partial charge in [-0.05, 0) is 38.1 Å². The van der Waals surface area contributed by atoms with E-state index in [0.29, 0.717) is 5.75 Å². The minimum atomic E-state index is -0.361. The third-order valence-electron chi connectivity index (χ3n) is 2.71. The zero-order chi connectivity index (χ0) is 11.4. The largest absolute Gasteiger partial charge is 0.494 e. The zero-order valence-electron chi connectivity index (χ0n) is 9.33. The molecule has 16 heavy (non-hydrogen) atoms. The van der Waals surface area contributed by atoms with Crippen molar-refractivity contribution in [3.05, 3.63) is 24.0 Å². The molecule has 0 saturated carbocycles. The van der Waals surface area contributed by atoms with Crippen molar-refractivity contribution >= 4 is 0 Å². The number of piperidine rings is 1. The van der Waals surface area contributed by atoms with E-state index in [1.54, 1.807) is 12.1 Å². The van der Waals surface area contributed by atoms with Crippen molar-refractivity contribution in [3.63, 3.8) is 0 Å². The van der Waals surface area contributed by atoms with Crippen LogP contribution in [0.15, 0.2) is 18.2 Å². The molecule has 0 unspecified atom stereocenters. The maximum atomic E-state index is 13.2. The third kappa shape index (κ3) is 2.64. The molecule has 1 aromatic rings. The minimum absolute atomic E-state index is 0.219. The molecule has 88 valence electrons. The molecule has 0 amide bonds. The molecular formula is C12H16FNO2. The van der Waals surface area contributed by atoms with Crippen LogP contribution in [0.4, 0.5) is 4.39 Å². The fourth-order valence-corrected chi connectivity index (χ4v) is 1.82. The summed E-state index contributed by atoms with van der Waals surface area (Å²) in [6.45, 7) is 1.95. The summed E-state index contributed by atoms with van der Waals surface area (Å²) in [5.41, 5.74) is 0. The van der Waals surface area contributed by atoms with E-state index in [1.165, 1.54) is 13.2 Å². The molecule has 0 radical (unpaired) electrons. The van der Waals surface area contributed by atoms with Gasteiger partial charge in [0.05, 0.1) is 7.11 Å². The Kier molecular flexibility index (Phi) is 3.62. The monoisotopic (exact) mass is 225 g/mol. The zero-order valence-corrected chi connectivity index (χ0v) is 9.33. The molecule has 0 bridgehead atoms. The Bertz CT molecular complexity index is 351. The van der Waals surface area contributed by atoms with Crippen LogP contribution in [0.1, 0.15) is 12.8 Å². The van der Waals surface area contributed by atoms with E-state index in [0.717, 1.165) is 25.9 Å². The van der Waals surface area contributed by atoms with Gasteiger partial charge in [0.15, 0.2) is 11.6 Å². The van der Waals surface area contributed by atoms with Crippen LogP contribution in [0.5, 0.6) is 11.5 Å². The molecule has 1 N–H and O–H groups in total. The van der Waals surface area contributed by atoms with E-state index in [2.05, 4.69) is 5.32 Å². The molecule has 1 fully saturated rings. The summed E-state index contributed by atoms with van der Waals surface area (Å²) in [7, 11) is 1.45. The third-order valence-corrected chi connectivity index (χ3v) is 2.71. The number of hydrogen-bond acceptors (Lipinski definition) is 3. The summed E-state index contributed by atoms with van der Waals surface area (Å²) < 4.78 is 23.8. The summed E-state index contributed by atoms with van der Waals surface area (Å²) >= 11 is 0. The predicted octanol–water partition coefficient (Wildman–Crippen LogP) is 1.97. The molecule has 1 saturated heterocycles. The van der Waals surface area contributed by atoms with E-state index in [4.69, 9.17) is 9.47 Å². The smallest absolute Gasteiger partial charge is 0.165 e. The first-order valence-electron chi connectivity index (χ1n) is 5.50. The highest BCUT2D eigenvalue weighted by Gasteiger charge is 2.15. The second kappa shape index (κ2) is 5.16. The van der Waals surface area contributed by atoms with E-state index in [1.807, 2.05) is 0 Å². The van der Waals surface area contributed by atoms with Crippen molar-refractivity contribution in [2.45, 2.75) is 18.9 Å². The Morgan fingerprint density at radius 1 is 1.31 bits per heavy atom. The van der Waals surface area contributed by atoms with Crippen molar-refractivity contribution in [1.29, 1.82) is 0 Å². The van der Waals surface area contributed by atoms with Gasteiger partial charge >= 0.3 is 0 Å². The number of halogens is 1. The second-order valence-corrected chi connectivity index (χ2v) is 3.86. The van der Waals surface area contributed by atoms with Gasteiger partial charge in [0, 0.05) is 6.07 Å². The van der Waals surface area contributed by atoms with E-state index in [9.17, 15) is 4.39 Å². The molecule has 1 aromatic carbocycles. The van der Waals surface area contributed by atoms with Gasteiger partial charge in [0.25, 0.3) is 0 Å². The van der Waals surface area contributed by atoms with Crippen molar-refractivity contribution in [2.24, 2.45) is 0 Å². The van der Waals surface area contributed by atoms with Crippen molar-refractivity contribution in [1.82, 2.24) is 5.32 Å². The van der Waals surface area contributed by atoms with Crippen LogP contribution in [0.3, 0.4) is 0 Å². The molecule has 0 spiro atoms. The minimum Gasteiger partial charge on any atom is -0.494 e. The molecule has 2 rings (SSSR count). The normalized spacial score (nSPS) is 17.1. The van der Waals surface area contributed by atoms with Crippen LogP contribution in [-0.4, -0.2) is 26.3 Å². The number of nitrogens with one attached hydrogen (secondary N) is 1. The first-order chi connectivity index (χ1) is 7.79. The van der Waals surface area contributed by atoms with Crippen molar-refractivity contribution in [3.8, 4) is 11.5 Å². The standard InChI is InChI=1S/C12H16FNO2/c1-15-12-8-10(2-3-11(12)13)16-9-4-6-14-7-5-9/h2-3,8-9,14H,4-7H2,1H3. The lowest BCUT2D eigenvalue weighted by molar-refractivity contribution is 0.161. The van der Waals surface area contributed by atoms with Gasteiger partial charge in [-0.3, -0.25) is 0 Å². The molecule has 3 nitrogen and oxygen atoms in total. The summed E-state index contributed by atoms with van der Waals surface area (Å²) in [4.78, 5) is 0. The Hall–Kier alpha value is -1.29. The number of hydrogen-bond donors (Lipinski definition) is 1. The van der Waals surface area contributed by atoms with Gasteiger partial charge in [-0.1, -0.05) is 0 Å². The van der Waals surface area contributed by atoms with Gasteiger partial charge in [-0.25, -0.2) is 4.39 Å². The highest BCUT2D eigenvalue weighted by molar-refractivity contribution is 5.34. The summed E-state index contributed by atoms with van der Waals surface area (Å²) in [6, 6.07) is 4.60. The molecule has 1 aliphatic heterocycles. The summed E-state index contributed by atoms with van der Waals surface area (Å²) in [5.74, 6) is 0.539. The average molecular weight is 225 g/mol. The number of ether oxygens (including phenoxy) is 2. The fourth-order valence-electron chi connectivity index (χ4n) is 1.82. The lowest BCUT2D eigenvalue weighted by Crippen LogP contribution is -2.34. The van der Waals surface area contributed by atoms with Crippen LogP contribution < -0.4 is 14.8 Å². The molecular weight excluding hydrogens is 209 g/mol. The molecule has 4 heteroatoms. The first-order valence-corrected chi connectivity index (χ1v) is 5.50. The van der Waals surface area contributed by atoms with Gasteiger partial charge in [-0.15, -0.1) is 0 Å². The van der Waals surface area contributed by atoms with Gasteiger partial charge < -0.3 is 14.8 Å². The van der Waals surface area contributed by atoms with E-state index >= 15 is 0 Å². The Morgan fingerprint density at radius 2 is 2.06 bits per heavy atom. The van der Waals surface area contributed by atoms with Crippen LogP contribution in [0.2, 0.25) is 0 Å². The van der Waals surface area contributed by atoms with Gasteiger partial charge in [0.2, 0.25) is 0 Å². The lowest BCUT2D eigenvalue weighted by atomic mass is 10.1. The van der Waals surface area contributed by atoms with Crippen molar-refractivity contribution in [2.75, 3.05) is 20.2 Å². The number of benzene rings is 1. The highest BCUT2D eigenvalue weighted by atomic mass is 19.1. The van der Waals surface area contributed by atoms with Crippen LogP contribution >= 0.6 is 0 Å². The van der Waals surface area contributed by atoms with Crippen LogP contribution in [0, 0.1) is 5.82 Å². The first kappa shape index (κ1) is 11.2. The van der Waals surface area contributed by atoms with Crippen LogP contribution in [-0.2, 0) is 0 Å². The molecule has 1 aliphatic rings. The second-order valence-electron chi connectivity index (χ2n) is 3.86. The number of methoxy groups -OCH3 is 1. The van der Waals surface area contributed by atoms with E-state index in [-0.39, 0.29) is 17.7 Å². The molecule has 1 heterocycles. The molecule has 0 aromatic heterocycles. The Balaban J connectivity index is 2.03. The SMILES string of the molecule is COc1cc(OC2CCNCC2)ccc1F. The maximum Gasteiger partial charge on any atom is 0.165 e. The predicted molar refractivity (Wildman–Crippen MR) is 59.5 cm³/mol. The lowest BCUT2D eigenvalue weighted by Gasteiger charge is -2.24. The molecule has 0 atom stereocenters. The summed E-state index contributed by atoms with van der Waals surface area (Å²) in [6.07, 6.45) is 2.19. The molecule has 0 aliphatic carbocycles. The van der Waals surface area contributed by atoms with Gasteiger partial charge in [0.1, 0.15) is 11.9 Å². The summed E-state index contributed by atoms with van der Waals surface area (Å²) in [5, 5.41) is 3.27. The van der Waals surface area contributed by atoms with Crippen molar-refractivity contribution < 1.29 is 13.9 Å². The number of rotatable bonds is 3. The van der Waals surface area contributed by atoms with E-state index < -0.39 is 0 Å². The van der Waals surface area contributed by atoms with Gasteiger partial charge in [-0.2, -0.15) is 0 Å². The highest BCUT2D eigenvalue weighted by Crippen LogP contribution is 2.25. The quantitative estimate of drug-likeness (QED) is 0.853. The van der Waals surface area contributed by atoms with Crippen LogP contribution in [0.25, 0.3) is 0 Å². The topological polar surface area (TPSA) is 30.5 Å². The Morgan fingerprint density at radius 3 is 2.75 bits per heavy atom. The fraction of sp³-hybridized carbons (Fsp3) is 0.500.